The number of fused-ring (bicyclic) bond motifs is 1. The molecule has 2 N–H and O–H groups in total. The number of aromatic nitrogens is 3. The summed E-state index contributed by atoms with van der Waals surface area (Å²) in [4.78, 5) is 17.5. The molecule has 3 aromatic rings. The molecule has 0 radical (unpaired) electrons. The van der Waals surface area contributed by atoms with Gasteiger partial charge in [-0.3, -0.25) is 9.89 Å². The van der Waals surface area contributed by atoms with Crippen LogP contribution in [-0.2, 0) is 4.74 Å². The number of benzene rings is 1. The molecule has 1 aromatic carbocycles. The van der Waals surface area contributed by atoms with Crippen molar-refractivity contribution in [1.29, 1.82) is 0 Å². The number of amides is 1. The Morgan fingerprint density at radius 3 is 3.04 bits per heavy atom. The molecule has 6 nitrogen and oxygen atoms in total. The summed E-state index contributed by atoms with van der Waals surface area (Å²) < 4.78 is 5.45. The maximum atomic E-state index is 12.9. The van der Waals surface area contributed by atoms with Gasteiger partial charge in [-0.2, -0.15) is 5.10 Å². The number of H-pyrrole nitrogens is 1. The number of carbonyl (C=O) groups excluding carboxylic acids is 1. The van der Waals surface area contributed by atoms with Crippen molar-refractivity contribution >= 4 is 28.4 Å². The number of carbonyl (C=O) groups is 1. The summed E-state index contributed by atoms with van der Waals surface area (Å²) in [6.07, 6.45) is 5.31. The second-order valence-corrected chi connectivity index (χ2v) is 6.53. The molecule has 2 aromatic heterocycles. The van der Waals surface area contributed by atoms with Gasteiger partial charge in [0.15, 0.2) is 0 Å². The Labute approximate surface area is 149 Å². The average Bonchev–Trinajstić information content (AvgIpc) is 3.16. The van der Waals surface area contributed by atoms with Crippen molar-refractivity contribution in [3.8, 4) is 11.3 Å². The van der Waals surface area contributed by atoms with Crippen LogP contribution >= 0.6 is 11.6 Å². The Balaban J connectivity index is 1.76. The van der Waals surface area contributed by atoms with Crippen molar-refractivity contribution in [2.24, 2.45) is 0 Å². The van der Waals surface area contributed by atoms with Gasteiger partial charge in [0.25, 0.3) is 5.91 Å². The predicted molar refractivity (Wildman–Crippen MR) is 95.6 cm³/mol. The minimum atomic E-state index is -0.144. The summed E-state index contributed by atoms with van der Waals surface area (Å²) in [6.45, 7) is 1.30. The molecule has 3 heterocycles. The molecular formula is C18H17ClN4O2. The molecule has 1 aliphatic rings. The lowest BCUT2D eigenvalue weighted by molar-refractivity contribution is 0.0625. The van der Waals surface area contributed by atoms with E-state index in [0.29, 0.717) is 28.4 Å². The number of ether oxygens (including phenoxy) is 1. The van der Waals surface area contributed by atoms with Crippen LogP contribution in [0.5, 0.6) is 0 Å². The van der Waals surface area contributed by atoms with Crippen LogP contribution in [0.25, 0.3) is 22.2 Å². The first-order chi connectivity index (χ1) is 12.2. The molecule has 1 atom stereocenters. The number of pyridine rings is 1. The monoisotopic (exact) mass is 356 g/mol. The van der Waals surface area contributed by atoms with Crippen LogP contribution in [-0.4, -0.2) is 40.3 Å². The first-order valence-corrected chi connectivity index (χ1v) is 8.56. The zero-order valence-corrected chi connectivity index (χ0v) is 14.2. The van der Waals surface area contributed by atoms with E-state index >= 15 is 0 Å². The number of rotatable bonds is 3. The zero-order valence-electron chi connectivity index (χ0n) is 13.5. The zero-order chi connectivity index (χ0) is 17.2. The van der Waals surface area contributed by atoms with E-state index in [9.17, 15) is 4.79 Å². The summed E-state index contributed by atoms with van der Waals surface area (Å²) in [5, 5.41) is 11.1. The van der Waals surface area contributed by atoms with Gasteiger partial charge in [0.05, 0.1) is 35.6 Å². The van der Waals surface area contributed by atoms with Crippen molar-refractivity contribution in [2.45, 2.75) is 18.9 Å². The summed E-state index contributed by atoms with van der Waals surface area (Å²) >= 11 is 6.13. The normalized spacial score (nSPS) is 17.6. The van der Waals surface area contributed by atoms with Crippen LogP contribution in [0.1, 0.15) is 23.2 Å². The number of nitrogens with one attached hydrogen (secondary N) is 2. The highest BCUT2D eigenvalue weighted by Crippen LogP contribution is 2.27. The third-order valence-electron chi connectivity index (χ3n) is 4.30. The van der Waals surface area contributed by atoms with E-state index in [4.69, 9.17) is 16.3 Å². The van der Waals surface area contributed by atoms with Crippen LogP contribution in [0, 0.1) is 0 Å². The number of halogens is 1. The van der Waals surface area contributed by atoms with E-state index in [0.717, 1.165) is 30.4 Å². The van der Waals surface area contributed by atoms with Gasteiger partial charge >= 0.3 is 0 Å². The van der Waals surface area contributed by atoms with Crippen LogP contribution in [0.15, 0.2) is 36.7 Å². The van der Waals surface area contributed by atoms with Gasteiger partial charge in [0.2, 0.25) is 0 Å². The molecular weight excluding hydrogens is 340 g/mol. The molecule has 0 saturated carbocycles. The highest BCUT2D eigenvalue weighted by molar-refractivity contribution is 6.31. The Morgan fingerprint density at radius 2 is 2.28 bits per heavy atom. The first kappa shape index (κ1) is 16.1. The van der Waals surface area contributed by atoms with E-state index in [-0.39, 0.29) is 11.9 Å². The van der Waals surface area contributed by atoms with Crippen LogP contribution in [0.4, 0.5) is 0 Å². The highest BCUT2D eigenvalue weighted by Gasteiger charge is 2.20. The lowest BCUT2D eigenvalue weighted by Crippen LogP contribution is -2.40. The molecule has 7 heteroatoms. The van der Waals surface area contributed by atoms with E-state index < -0.39 is 0 Å². The largest absolute Gasteiger partial charge is 0.379 e. The number of aromatic amines is 1. The Kier molecular flexibility index (Phi) is 4.38. The van der Waals surface area contributed by atoms with Gasteiger partial charge in [-0.25, -0.2) is 4.98 Å². The fourth-order valence-corrected chi connectivity index (χ4v) is 3.21. The van der Waals surface area contributed by atoms with Gasteiger partial charge in [-0.15, -0.1) is 0 Å². The third kappa shape index (κ3) is 3.36. The van der Waals surface area contributed by atoms with Crippen LogP contribution in [0.3, 0.4) is 0 Å². The predicted octanol–water partition coefficient (Wildman–Crippen LogP) is 3.19. The second kappa shape index (κ2) is 6.82. The van der Waals surface area contributed by atoms with Gasteiger partial charge in [-0.05, 0) is 37.1 Å². The Bertz CT molecular complexity index is 905. The SMILES string of the molecule is O=C(NC1CCCOC1)c1cc(-c2cn[nH]c2)nc2ccc(Cl)cc12. The molecule has 0 aliphatic carbocycles. The fraction of sp³-hybridized carbons (Fsp3) is 0.278. The first-order valence-electron chi connectivity index (χ1n) is 8.19. The number of nitrogens with zero attached hydrogens (tertiary/aromatic N) is 2. The van der Waals surface area contributed by atoms with Crippen molar-refractivity contribution in [3.05, 3.63) is 47.2 Å². The highest BCUT2D eigenvalue weighted by atomic mass is 35.5. The summed E-state index contributed by atoms with van der Waals surface area (Å²) in [5.41, 5.74) is 2.78. The maximum absolute atomic E-state index is 12.9. The molecule has 25 heavy (non-hydrogen) atoms. The molecule has 1 saturated heterocycles. The smallest absolute Gasteiger partial charge is 0.252 e. The second-order valence-electron chi connectivity index (χ2n) is 6.09. The van der Waals surface area contributed by atoms with Crippen molar-refractivity contribution in [3.63, 3.8) is 0 Å². The molecule has 1 fully saturated rings. The van der Waals surface area contributed by atoms with Crippen LogP contribution in [0.2, 0.25) is 5.02 Å². The Morgan fingerprint density at radius 1 is 1.36 bits per heavy atom. The minimum absolute atomic E-state index is 0.0287. The minimum Gasteiger partial charge on any atom is -0.379 e. The van der Waals surface area contributed by atoms with E-state index in [2.05, 4.69) is 20.5 Å². The van der Waals surface area contributed by atoms with Gasteiger partial charge in [-0.1, -0.05) is 11.6 Å². The average molecular weight is 357 g/mol. The topological polar surface area (TPSA) is 79.9 Å². The molecule has 4 rings (SSSR count). The van der Waals surface area contributed by atoms with Crippen LogP contribution < -0.4 is 5.32 Å². The summed E-state index contributed by atoms with van der Waals surface area (Å²) in [6, 6.07) is 7.17. The standard InChI is InChI=1S/C18H17ClN4O2/c19-12-3-4-16-14(6-12)15(7-17(23-16)11-8-20-21-9-11)18(24)22-13-2-1-5-25-10-13/h3-4,6-9,13H,1-2,5,10H2,(H,20,21)(H,22,24). The molecule has 128 valence electrons. The van der Waals surface area contributed by atoms with E-state index in [1.165, 1.54) is 0 Å². The van der Waals surface area contributed by atoms with Gasteiger partial charge in [0.1, 0.15) is 0 Å². The van der Waals surface area contributed by atoms with Gasteiger partial charge in [0, 0.05) is 28.8 Å². The molecule has 1 amide bonds. The lowest BCUT2D eigenvalue weighted by atomic mass is 10.0. The molecule has 1 unspecified atom stereocenters. The fourth-order valence-electron chi connectivity index (χ4n) is 3.04. The quantitative estimate of drug-likeness (QED) is 0.755. The maximum Gasteiger partial charge on any atom is 0.252 e. The third-order valence-corrected chi connectivity index (χ3v) is 4.54. The molecule has 0 spiro atoms. The summed E-state index contributed by atoms with van der Waals surface area (Å²) in [7, 11) is 0. The van der Waals surface area contributed by atoms with E-state index in [1.807, 2.05) is 6.07 Å². The van der Waals surface area contributed by atoms with Crippen molar-refractivity contribution in [2.75, 3.05) is 13.2 Å². The van der Waals surface area contributed by atoms with Gasteiger partial charge < -0.3 is 10.1 Å². The van der Waals surface area contributed by atoms with Crippen molar-refractivity contribution in [1.82, 2.24) is 20.5 Å². The lowest BCUT2D eigenvalue weighted by Gasteiger charge is -2.23. The molecule has 0 bridgehead atoms. The van der Waals surface area contributed by atoms with E-state index in [1.54, 1.807) is 30.6 Å². The van der Waals surface area contributed by atoms with Crippen molar-refractivity contribution < 1.29 is 9.53 Å². The summed E-state index contributed by atoms with van der Waals surface area (Å²) in [5.74, 6) is -0.144. The Hall–Kier alpha value is -2.44. The number of hydrogen-bond acceptors (Lipinski definition) is 4. The number of hydrogen-bond donors (Lipinski definition) is 2. The molecule has 1 aliphatic heterocycles.